The summed E-state index contributed by atoms with van der Waals surface area (Å²) < 4.78 is 5.39. The largest absolute Gasteiger partial charge is 0.466 e. The fourth-order valence-corrected chi connectivity index (χ4v) is 3.35. The quantitative estimate of drug-likeness (QED) is 0.646. The van der Waals surface area contributed by atoms with Crippen molar-refractivity contribution < 1.29 is 14.3 Å². The highest BCUT2D eigenvalue weighted by atomic mass is 32.1. The molecule has 1 unspecified atom stereocenters. The fourth-order valence-electron chi connectivity index (χ4n) is 2.53. The monoisotopic (exact) mass is 356 g/mol. The van der Waals surface area contributed by atoms with Gasteiger partial charge < -0.3 is 20.2 Å². The Morgan fingerprint density at radius 1 is 1.20 bits per heavy atom. The van der Waals surface area contributed by atoms with Crippen molar-refractivity contribution in [2.24, 2.45) is 0 Å². The van der Waals surface area contributed by atoms with Crippen molar-refractivity contribution in [2.75, 3.05) is 11.9 Å². The van der Waals surface area contributed by atoms with Crippen molar-refractivity contribution in [3.8, 4) is 0 Å². The molecule has 0 saturated carbocycles. The first kappa shape index (κ1) is 17.3. The summed E-state index contributed by atoms with van der Waals surface area (Å²) in [6.07, 6.45) is 1.50. The van der Waals surface area contributed by atoms with E-state index in [-0.39, 0.29) is 12.6 Å². The van der Waals surface area contributed by atoms with Gasteiger partial charge in [0, 0.05) is 10.6 Å². The lowest BCUT2D eigenvalue weighted by Gasteiger charge is -2.25. The zero-order valence-corrected chi connectivity index (χ0v) is 14.9. The van der Waals surface area contributed by atoms with E-state index in [2.05, 4.69) is 10.6 Å². The minimum absolute atomic E-state index is 0.00228. The zero-order valence-electron chi connectivity index (χ0n) is 14.1. The molecule has 5 nitrogen and oxygen atoms in total. The summed E-state index contributed by atoms with van der Waals surface area (Å²) in [5.74, 6) is 0.390. The number of aryl methyl sites for hydroxylation is 2. The molecule has 25 heavy (non-hydrogen) atoms. The summed E-state index contributed by atoms with van der Waals surface area (Å²) in [4.78, 5) is 12.9. The third-order valence-electron chi connectivity index (χ3n) is 4.13. The highest BCUT2D eigenvalue weighted by molar-refractivity contribution is 7.10. The molecule has 0 bridgehead atoms. The predicted molar refractivity (Wildman–Crippen MR) is 99.0 cm³/mol. The van der Waals surface area contributed by atoms with Crippen LogP contribution in [0.1, 0.15) is 21.8 Å². The average Bonchev–Trinajstić information content (AvgIpc) is 3.30. The van der Waals surface area contributed by atoms with Crippen LogP contribution in [0.4, 0.5) is 10.5 Å². The maximum Gasteiger partial charge on any atom is 0.319 e. The van der Waals surface area contributed by atoms with Gasteiger partial charge in [0.05, 0.1) is 12.8 Å². The van der Waals surface area contributed by atoms with Crippen molar-refractivity contribution in [1.29, 1.82) is 0 Å². The molecule has 3 aromatic rings. The van der Waals surface area contributed by atoms with Gasteiger partial charge in [-0.15, -0.1) is 11.3 Å². The molecule has 1 aromatic carbocycles. The molecule has 6 heteroatoms. The highest BCUT2D eigenvalue weighted by Crippen LogP contribution is 2.32. The van der Waals surface area contributed by atoms with Crippen LogP contribution in [-0.4, -0.2) is 17.7 Å². The van der Waals surface area contributed by atoms with E-state index in [1.807, 2.05) is 49.6 Å². The number of nitrogens with one attached hydrogen (secondary N) is 2. The Morgan fingerprint density at radius 3 is 2.68 bits per heavy atom. The number of carbonyl (C=O) groups is 1. The fraction of sp³-hybridized carbons (Fsp3) is 0.211. The van der Waals surface area contributed by atoms with E-state index >= 15 is 0 Å². The number of benzene rings is 1. The molecule has 2 aromatic heterocycles. The Labute approximate surface area is 150 Å². The van der Waals surface area contributed by atoms with Crippen LogP contribution in [0.5, 0.6) is 0 Å². The zero-order chi connectivity index (χ0) is 17.9. The molecule has 0 aliphatic heterocycles. The van der Waals surface area contributed by atoms with Gasteiger partial charge in [0.15, 0.2) is 5.60 Å². The number of urea groups is 1. The molecule has 0 aliphatic rings. The van der Waals surface area contributed by atoms with Gasteiger partial charge in [0.2, 0.25) is 0 Å². The summed E-state index contributed by atoms with van der Waals surface area (Å²) in [6.45, 7) is 4.01. The number of thiophene rings is 1. The van der Waals surface area contributed by atoms with Gasteiger partial charge in [-0.3, -0.25) is 0 Å². The Bertz CT molecular complexity index is 807. The van der Waals surface area contributed by atoms with Crippen molar-refractivity contribution in [3.05, 3.63) is 75.9 Å². The minimum atomic E-state index is -1.40. The number of anilines is 1. The average molecular weight is 356 g/mol. The molecule has 0 saturated heterocycles. The first-order chi connectivity index (χ1) is 12.0. The molecule has 0 radical (unpaired) electrons. The number of carbonyl (C=O) groups excluding carboxylic acids is 1. The second-order valence-electron chi connectivity index (χ2n) is 5.92. The normalized spacial score (nSPS) is 13.2. The van der Waals surface area contributed by atoms with Gasteiger partial charge in [0.25, 0.3) is 0 Å². The lowest BCUT2D eigenvalue weighted by Crippen LogP contribution is -2.42. The Kier molecular flexibility index (Phi) is 4.92. The van der Waals surface area contributed by atoms with Crippen LogP contribution in [0, 0.1) is 13.8 Å². The number of aliphatic hydroxyl groups is 1. The van der Waals surface area contributed by atoms with E-state index in [9.17, 15) is 9.90 Å². The predicted octanol–water partition coefficient (Wildman–Crippen LogP) is 4.02. The SMILES string of the molecule is Cc1ccc(NC(=O)NCC(O)(c2ccco2)c2cccs2)cc1C. The molecule has 2 amide bonds. The van der Waals surface area contributed by atoms with Gasteiger partial charge in [-0.2, -0.15) is 0 Å². The van der Waals surface area contributed by atoms with Gasteiger partial charge in [-0.05, 0) is 60.7 Å². The second kappa shape index (κ2) is 7.13. The van der Waals surface area contributed by atoms with Crippen molar-refractivity contribution in [3.63, 3.8) is 0 Å². The Hall–Kier alpha value is -2.57. The molecule has 0 spiro atoms. The van der Waals surface area contributed by atoms with E-state index in [0.29, 0.717) is 16.3 Å². The molecular weight excluding hydrogens is 336 g/mol. The number of rotatable bonds is 5. The van der Waals surface area contributed by atoms with E-state index in [1.165, 1.54) is 17.6 Å². The standard InChI is InChI=1S/C19H20N2O3S/c1-13-7-8-15(11-14(13)2)21-18(22)20-12-19(23,16-5-3-9-24-16)17-6-4-10-25-17/h3-11,23H,12H2,1-2H3,(H2,20,21,22). The molecule has 3 N–H and O–H groups in total. The van der Waals surface area contributed by atoms with Crippen LogP contribution in [0.3, 0.4) is 0 Å². The number of furan rings is 1. The van der Waals surface area contributed by atoms with Gasteiger partial charge in [-0.1, -0.05) is 12.1 Å². The van der Waals surface area contributed by atoms with Crippen LogP contribution in [0.15, 0.2) is 58.5 Å². The Morgan fingerprint density at radius 2 is 2.04 bits per heavy atom. The number of hydrogen-bond donors (Lipinski definition) is 3. The molecule has 0 fully saturated rings. The molecule has 2 heterocycles. The maximum atomic E-state index is 12.2. The van der Waals surface area contributed by atoms with Gasteiger partial charge in [0.1, 0.15) is 5.76 Å². The first-order valence-electron chi connectivity index (χ1n) is 7.91. The number of amides is 2. The lowest BCUT2D eigenvalue weighted by atomic mass is 9.99. The molecule has 0 aliphatic carbocycles. The van der Waals surface area contributed by atoms with Crippen molar-refractivity contribution >= 4 is 23.1 Å². The molecule has 1 atom stereocenters. The van der Waals surface area contributed by atoms with Crippen molar-refractivity contribution in [2.45, 2.75) is 19.4 Å². The minimum Gasteiger partial charge on any atom is -0.466 e. The third-order valence-corrected chi connectivity index (χ3v) is 5.15. The van der Waals surface area contributed by atoms with E-state index in [1.54, 1.807) is 12.1 Å². The van der Waals surface area contributed by atoms with Gasteiger partial charge in [-0.25, -0.2) is 4.79 Å². The Balaban J connectivity index is 1.71. The summed E-state index contributed by atoms with van der Waals surface area (Å²) in [5.41, 5.74) is 1.57. The molecule has 130 valence electrons. The van der Waals surface area contributed by atoms with Crippen molar-refractivity contribution in [1.82, 2.24) is 5.32 Å². The van der Waals surface area contributed by atoms with E-state index in [4.69, 9.17) is 4.42 Å². The second-order valence-corrected chi connectivity index (χ2v) is 6.87. The maximum absolute atomic E-state index is 12.2. The summed E-state index contributed by atoms with van der Waals surface area (Å²) >= 11 is 1.41. The lowest BCUT2D eigenvalue weighted by molar-refractivity contribution is 0.0628. The molecule has 3 rings (SSSR count). The van der Waals surface area contributed by atoms with Crippen LogP contribution >= 0.6 is 11.3 Å². The van der Waals surface area contributed by atoms with E-state index < -0.39 is 5.60 Å². The topological polar surface area (TPSA) is 74.5 Å². The first-order valence-corrected chi connectivity index (χ1v) is 8.79. The van der Waals surface area contributed by atoms with Crippen LogP contribution in [0.2, 0.25) is 0 Å². The van der Waals surface area contributed by atoms with Crippen LogP contribution < -0.4 is 10.6 Å². The summed E-state index contributed by atoms with van der Waals surface area (Å²) in [7, 11) is 0. The van der Waals surface area contributed by atoms with Gasteiger partial charge >= 0.3 is 6.03 Å². The van der Waals surface area contributed by atoms with Crippen LogP contribution in [-0.2, 0) is 5.60 Å². The highest BCUT2D eigenvalue weighted by Gasteiger charge is 2.36. The smallest absolute Gasteiger partial charge is 0.319 e. The number of hydrogen-bond acceptors (Lipinski definition) is 4. The van der Waals surface area contributed by atoms with Crippen LogP contribution in [0.25, 0.3) is 0 Å². The third kappa shape index (κ3) is 3.75. The van der Waals surface area contributed by atoms with E-state index in [0.717, 1.165) is 11.1 Å². The summed E-state index contributed by atoms with van der Waals surface area (Å²) in [5, 5.41) is 18.5. The summed E-state index contributed by atoms with van der Waals surface area (Å²) in [6, 6.07) is 12.4. The molecular formula is C19H20N2O3S.